The molecule has 2 amide bonds. The highest BCUT2D eigenvalue weighted by Crippen LogP contribution is 2.36. The first-order chi connectivity index (χ1) is 21.5. The summed E-state index contributed by atoms with van der Waals surface area (Å²) in [6, 6.07) is 10.6. The van der Waals surface area contributed by atoms with E-state index in [2.05, 4.69) is 21.1 Å². The number of anilines is 1. The normalized spacial score (nSPS) is 14.4. The maximum absolute atomic E-state index is 13.4. The van der Waals surface area contributed by atoms with Gasteiger partial charge in [-0.1, -0.05) is 12.1 Å². The Morgan fingerprint density at radius 1 is 1.11 bits per heavy atom. The number of nitrogens with two attached hydrogens (primary N) is 1. The fraction of sp³-hybridized carbons (Fsp3) is 0.379. The van der Waals surface area contributed by atoms with Gasteiger partial charge in [0.15, 0.2) is 5.65 Å². The molecule has 4 aromatic rings. The molecule has 1 aliphatic heterocycles. The number of fused-ring (bicyclic) bond motifs is 1. The van der Waals surface area contributed by atoms with E-state index >= 15 is 0 Å². The molecule has 1 aliphatic rings. The zero-order valence-corrected chi connectivity index (χ0v) is 26.0. The molecule has 15 nitrogen and oxygen atoms in total. The number of nitrogens with zero attached hydrogens (tertiary/aromatic N) is 9. The van der Waals surface area contributed by atoms with Gasteiger partial charge in [-0.15, -0.1) is 0 Å². The quantitative estimate of drug-likeness (QED) is 0.254. The summed E-state index contributed by atoms with van der Waals surface area (Å²) in [6.45, 7) is 2.48. The van der Waals surface area contributed by atoms with E-state index in [0.717, 1.165) is 5.56 Å². The number of hydrogen-bond donors (Lipinski definition) is 1. The summed E-state index contributed by atoms with van der Waals surface area (Å²) in [4.78, 5) is 37.4. The first-order valence-corrected chi connectivity index (χ1v) is 15.8. The Bertz CT molecular complexity index is 1860. The Labute approximate surface area is 260 Å². The number of sulfonamides is 1. The number of nitriles is 1. The molecule has 0 saturated carbocycles. The second kappa shape index (κ2) is 12.5. The molecule has 0 unspecified atom stereocenters. The number of ether oxygens (including phenoxy) is 1. The third-order valence-corrected chi connectivity index (χ3v) is 9.66. The minimum Gasteiger partial charge on any atom is -0.445 e. The second-order valence-electron chi connectivity index (χ2n) is 11.0. The van der Waals surface area contributed by atoms with Gasteiger partial charge in [0.25, 0.3) is 0 Å². The van der Waals surface area contributed by atoms with Crippen LogP contribution in [0.5, 0.6) is 0 Å². The van der Waals surface area contributed by atoms with Gasteiger partial charge in [0.05, 0.1) is 30.1 Å². The topological polar surface area (TPSA) is 186 Å². The Morgan fingerprint density at radius 2 is 1.82 bits per heavy atom. The molecule has 0 bridgehead atoms. The fourth-order valence-electron chi connectivity index (χ4n) is 5.05. The van der Waals surface area contributed by atoms with Crippen molar-refractivity contribution in [2.75, 3.05) is 51.8 Å². The van der Waals surface area contributed by atoms with Gasteiger partial charge < -0.3 is 20.3 Å². The standard InChI is InChI=1S/C29H34N10O5S/c1-4-45(42,43)37-18-29(19-37,10-11-30)39-16-22(15-34-39)25-24-9-12-38(26(24)33-20-32-25)27(40)35(2)13-14-36(3)28(41)44-17-21-5-7-23(31)8-6-21/h5-9,12,15-16,20H,4,10,13-14,17-19,31H2,1-3H3. The lowest BCUT2D eigenvalue weighted by Crippen LogP contribution is -2.64. The summed E-state index contributed by atoms with van der Waals surface area (Å²) in [5.41, 5.74) is 7.90. The number of benzene rings is 1. The van der Waals surface area contributed by atoms with Gasteiger partial charge in [0, 0.05) is 69.3 Å². The predicted molar refractivity (Wildman–Crippen MR) is 165 cm³/mol. The van der Waals surface area contributed by atoms with Crippen molar-refractivity contribution < 1.29 is 22.7 Å². The average molecular weight is 635 g/mol. The molecule has 2 N–H and O–H groups in total. The Kier molecular flexibility index (Phi) is 8.75. The number of likely N-dealkylation sites (N-methyl/N-ethyl adjacent to an activating group) is 2. The van der Waals surface area contributed by atoms with E-state index in [4.69, 9.17) is 10.5 Å². The number of carbonyl (C=O) groups excluding carboxylic acids is 2. The molecular weight excluding hydrogens is 600 g/mol. The molecule has 0 atom stereocenters. The molecule has 45 heavy (non-hydrogen) atoms. The van der Waals surface area contributed by atoms with Crippen molar-refractivity contribution in [2.45, 2.75) is 25.5 Å². The van der Waals surface area contributed by atoms with Crippen molar-refractivity contribution >= 4 is 38.9 Å². The molecule has 5 rings (SSSR count). The molecule has 0 radical (unpaired) electrons. The minimum absolute atomic E-state index is 0.0155. The third-order valence-electron chi connectivity index (χ3n) is 7.89. The van der Waals surface area contributed by atoms with Gasteiger partial charge in [0.2, 0.25) is 10.0 Å². The zero-order chi connectivity index (χ0) is 32.4. The molecule has 1 aromatic carbocycles. The van der Waals surface area contributed by atoms with E-state index in [9.17, 15) is 23.3 Å². The average Bonchev–Trinajstić information content (AvgIpc) is 3.68. The molecule has 0 aliphatic carbocycles. The van der Waals surface area contributed by atoms with Crippen LogP contribution >= 0.6 is 0 Å². The molecule has 1 fully saturated rings. The third kappa shape index (κ3) is 6.30. The highest BCUT2D eigenvalue weighted by Gasteiger charge is 2.49. The SMILES string of the molecule is CCS(=O)(=O)N1CC(CC#N)(n2cc(-c3ncnc4c3ccn4C(=O)N(C)CCN(C)C(=O)OCc3ccc(N)cc3)cn2)C1. The number of carbonyl (C=O) groups is 2. The van der Waals surface area contributed by atoms with Crippen LogP contribution in [0.25, 0.3) is 22.3 Å². The van der Waals surface area contributed by atoms with E-state index in [1.807, 2.05) is 0 Å². The van der Waals surface area contributed by atoms with Crippen molar-refractivity contribution in [1.82, 2.24) is 38.4 Å². The van der Waals surface area contributed by atoms with E-state index in [1.54, 1.807) is 74.6 Å². The van der Waals surface area contributed by atoms with Crippen molar-refractivity contribution in [2.24, 2.45) is 0 Å². The van der Waals surface area contributed by atoms with Crippen molar-refractivity contribution in [3.8, 4) is 17.3 Å². The first kappa shape index (κ1) is 31.4. The Morgan fingerprint density at radius 3 is 2.51 bits per heavy atom. The van der Waals surface area contributed by atoms with E-state index in [0.29, 0.717) is 28.0 Å². The van der Waals surface area contributed by atoms with Crippen LogP contribution in [0.15, 0.2) is 55.2 Å². The maximum Gasteiger partial charge on any atom is 0.409 e. The highest BCUT2D eigenvalue weighted by atomic mass is 32.2. The summed E-state index contributed by atoms with van der Waals surface area (Å²) in [5, 5.41) is 14.5. The van der Waals surface area contributed by atoms with Crippen LogP contribution in [0.1, 0.15) is 18.9 Å². The number of amides is 2. The van der Waals surface area contributed by atoms with Crippen molar-refractivity contribution in [3.63, 3.8) is 0 Å². The summed E-state index contributed by atoms with van der Waals surface area (Å²) in [6.07, 6.45) is 5.87. The molecule has 1 saturated heterocycles. The maximum atomic E-state index is 13.4. The second-order valence-corrected chi connectivity index (χ2v) is 13.2. The van der Waals surface area contributed by atoms with E-state index in [1.165, 1.54) is 25.0 Å². The largest absolute Gasteiger partial charge is 0.445 e. The van der Waals surface area contributed by atoms with Crippen LogP contribution in [0.4, 0.5) is 15.3 Å². The number of hydrogen-bond acceptors (Lipinski definition) is 10. The number of rotatable bonds is 10. The van der Waals surface area contributed by atoms with Crippen LogP contribution in [-0.4, -0.2) is 105 Å². The van der Waals surface area contributed by atoms with Crippen molar-refractivity contribution in [1.29, 1.82) is 5.26 Å². The monoisotopic (exact) mass is 634 g/mol. The fourth-order valence-corrected chi connectivity index (χ4v) is 6.29. The summed E-state index contributed by atoms with van der Waals surface area (Å²) >= 11 is 0. The highest BCUT2D eigenvalue weighted by molar-refractivity contribution is 7.89. The summed E-state index contributed by atoms with van der Waals surface area (Å²) < 4.78 is 34.4. The van der Waals surface area contributed by atoms with Crippen LogP contribution in [0, 0.1) is 11.3 Å². The zero-order valence-electron chi connectivity index (χ0n) is 25.2. The molecule has 16 heteroatoms. The summed E-state index contributed by atoms with van der Waals surface area (Å²) in [7, 11) is -0.155. The predicted octanol–water partition coefficient (Wildman–Crippen LogP) is 2.32. The molecule has 0 spiro atoms. The van der Waals surface area contributed by atoms with Crippen LogP contribution in [0.2, 0.25) is 0 Å². The first-order valence-electron chi connectivity index (χ1n) is 14.2. The smallest absolute Gasteiger partial charge is 0.409 e. The summed E-state index contributed by atoms with van der Waals surface area (Å²) in [5.74, 6) is -0.0155. The van der Waals surface area contributed by atoms with Crippen LogP contribution in [-0.2, 0) is 26.9 Å². The van der Waals surface area contributed by atoms with Gasteiger partial charge in [-0.25, -0.2) is 28.0 Å². The molecular formula is C29H34N10O5S. The minimum atomic E-state index is -3.38. The Hall–Kier alpha value is -5.01. The lowest BCUT2D eigenvalue weighted by molar-refractivity contribution is 0.0719. The van der Waals surface area contributed by atoms with E-state index in [-0.39, 0.29) is 51.0 Å². The van der Waals surface area contributed by atoms with Gasteiger partial charge >= 0.3 is 12.1 Å². The van der Waals surface area contributed by atoms with E-state index < -0.39 is 21.7 Å². The van der Waals surface area contributed by atoms with Crippen LogP contribution in [0.3, 0.4) is 0 Å². The lowest BCUT2D eigenvalue weighted by atomic mass is 9.89. The lowest BCUT2D eigenvalue weighted by Gasteiger charge is -2.47. The molecule has 236 valence electrons. The van der Waals surface area contributed by atoms with Crippen molar-refractivity contribution in [3.05, 3.63) is 60.8 Å². The Balaban J connectivity index is 1.25. The van der Waals surface area contributed by atoms with Gasteiger partial charge in [-0.2, -0.15) is 14.7 Å². The number of aromatic nitrogens is 5. The van der Waals surface area contributed by atoms with Gasteiger partial charge in [-0.05, 0) is 30.7 Å². The molecule has 4 heterocycles. The van der Waals surface area contributed by atoms with Gasteiger partial charge in [-0.3, -0.25) is 9.25 Å². The molecule has 3 aromatic heterocycles. The van der Waals surface area contributed by atoms with Crippen LogP contribution < -0.4 is 5.73 Å². The van der Waals surface area contributed by atoms with Gasteiger partial charge in [0.1, 0.15) is 18.5 Å². The number of nitrogen functional groups attached to an aromatic ring is 1.